The predicted octanol–water partition coefficient (Wildman–Crippen LogP) is 1.01. The van der Waals surface area contributed by atoms with E-state index in [0.29, 0.717) is 12.4 Å². The molecule has 1 atom stereocenters. The van der Waals surface area contributed by atoms with E-state index in [9.17, 15) is 5.11 Å². The number of pyridine rings is 1. The Morgan fingerprint density at radius 3 is 3.07 bits per heavy atom. The monoisotopic (exact) mass is 207 g/mol. The second kappa shape index (κ2) is 3.70. The maximum Gasteiger partial charge on any atom is 0.146 e. The largest absolute Gasteiger partial charge is 0.388 e. The Morgan fingerprint density at radius 1 is 1.60 bits per heavy atom. The van der Waals surface area contributed by atoms with Gasteiger partial charge in [0, 0.05) is 19.3 Å². The van der Waals surface area contributed by atoms with E-state index in [2.05, 4.69) is 9.88 Å². The Balaban J connectivity index is 2.21. The average Bonchev–Trinajstić information content (AvgIpc) is 2.17. The number of rotatable bonds is 1. The van der Waals surface area contributed by atoms with Crippen LogP contribution >= 0.6 is 0 Å². The van der Waals surface area contributed by atoms with Gasteiger partial charge in [-0.05, 0) is 31.9 Å². The molecule has 1 fully saturated rings. The maximum atomic E-state index is 9.99. The van der Waals surface area contributed by atoms with Crippen LogP contribution in [0.3, 0.4) is 0 Å². The minimum atomic E-state index is -0.611. The molecule has 15 heavy (non-hydrogen) atoms. The van der Waals surface area contributed by atoms with Gasteiger partial charge in [0.15, 0.2) is 0 Å². The van der Waals surface area contributed by atoms with Gasteiger partial charge in [0.2, 0.25) is 0 Å². The summed E-state index contributed by atoms with van der Waals surface area (Å²) in [6, 6.07) is 3.82. The summed E-state index contributed by atoms with van der Waals surface area (Å²) in [6.07, 6.45) is 3.52. The zero-order valence-electron chi connectivity index (χ0n) is 8.98. The quantitative estimate of drug-likeness (QED) is 0.721. The third kappa shape index (κ3) is 2.21. The van der Waals surface area contributed by atoms with E-state index in [0.717, 1.165) is 25.1 Å². The van der Waals surface area contributed by atoms with Crippen molar-refractivity contribution in [1.82, 2.24) is 4.98 Å². The number of nitrogens with two attached hydrogens (primary N) is 1. The molecule has 0 radical (unpaired) electrons. The summed E-state index contributed by atoms with van der Waals surface area (Å²) < 4.78 is 0. The Hall–Kier alpha value is -1.29. The van der Waals surface area contributed by atoms with Crippen molar-refractivity contribution in [3.8, 4) is 0 Å². The lowest BCUT2D eigenvalue weighted by molar-refractivity contribution is 0.0449. The Labute approximate surface area is 89.7 Å². The molecule has 1 aromatic heterocycles. The van der Waals surface area contributed by atoms with Crippen molar-refractivity contribution in [2.75, 3.05) is 23.7 Å². The second-order valence-electron chi connectivity index (χ2n) is 4.43. The molecule has 0 saturated carbocycles. The molecule has 0 aliphatic carbocycles. The first-order valence-corrected chi connectivity index (χ1v) is 5.26. The van der Waals surface area contributed by atoms with Crippen molar-refractivity contribution in [2.24, 2.45) is 0 Å². The van der Waals surface area contributed by atoms with Gasteiger partial charge in [0.25, 0.3) is 0 Å². The molecule has 4 nitrogen and oxygen atoms in total. The highest BCUT2D eigenvalue weighted by Gasteiger charge is 2.29. The molecular formula is C11H17N3O. The van der Waals surface area contributed by atoms with E-state index in [-0.39, 0.29) is 0 Å². The molecule has 1 aromatic rings. The standard InChI is InChI=1S/C11H17N3O/c1-11(15)5-3-7-14(8-11)9-4-2-6-13-10(9)12/h2,4,6,15H,3,5,7-8H2,1H3,(H2,12,13). The van der Waals surface area contributed by atoms with Crippen LogP contribution in [0.4, 0.5) is 11.5 Å². The van der Waals surface area contributed by atoms with Crippen molar-refractivity contribution in [1.29, 1.82) is 0 Å². The van der Waals surface area contributed by atoms with Crippen molar-refractivity contribution in [3.63, 3.8) is 0 Å². The third-order valence-corrected chi connectivity index (χ3v) is 2.83. The molecular weight excluding hydrogens is 190 g/mol. The number of hydrogen-bond donors (Lipinski definition) is 2. The first-order chi connectivity index (χ1) is 7.08. The molecule has 1 aliphatic rings. The van der Waals surface area contributed by atoms with Crippen LogP contribution in [0.1, 0.15) is 19.8 Å². The smallest absolute Gasteiger partial charge is 0.146 e. The fourth-order valence-corrected chi connectivity index (χ4v) is 2.10. The van der Waals surface area contributed by atoms with Crippen molar-refractivity contribution in [2.45, 2.75) is 25.4 Å². The van der Waals surface area contributed by atoms with Gasteiger partial charge in [-0.2, -0.15) is 0 Å². The SMILES string of the molecule is CC1(O)CCCN(c2cccnc2N)C1. The van der Waals surface area contributed by atoms with Crippen LogP contribution in [0.25, 0.3) is 0 Å². The molecule has 1 unspecified atom stereocenters. The number of β-amino-alcohol motifs (C(OH)–C–C–N with tert-alkyl or cyclic N) is 1. The van der Waals surface area contributed by atoms with Crippen LogP contribution in [-0.2, 0) is 0 Å². The zero-order valence-corrected chi connectivity index (χ0v) is 8.98. The first kappa shape index (κ1) is 10.2. The van der Waals surface area contributed by atoms with Crippen molar-refractivity contribution >= 4 is 11.5 Å². The number of nitrogens with zero attached hydrogens (tertiary/aromatic N) is 2. The minimum Gasteiger partial charge on any atom is -0.388 e. The highest BCUT2D eigenvalue weighted by Crippen LogP contribution is 2.28. The summed E-state index contributed by atoms with van der Waals surface area (Å²) in [5, 5.41) is 9.99. The fourth-order valence-electron chi connectivity index (χ4n) is 2.10. The number of nitrogen functional groups attached to an aromatic ring is 1. The molecule has 82 valence electrons. The number of piperidine rings is 1. The van der Waals surface area contributed by atoms with E-state index < -0.39 is 5.60 Å². The minimum absolute atomic E-state index is 0.537. The summed E-state index contributed by atoms with van der Waals surface area (Å²) in [6.45, 7) is 3.43. The van der Waals surface area contributed by atoms with Crippen LogP contribution in [0.15, 0.2) is 18.3 Å². The molecule has 2 rings (SSSR count). The molecule has 3 N–H and O–H groups in total. The van der Waals surface area contributed by atoms with Gasteiger partial charge in [0.05, 0.1) is 11.3 Å². The number of aliphatic hydroxyl groups is 1. The van der Waals surface area contributed by atoms with Crippen LogP contribution < -0.4 is 10.6 Å². The van der Waals surface area contributed by atoms with Gasteiger partial charge in [-0.15, -0.1) is 0 Å². The summed E-state index contributed by atoms with van der Waals surface area (Å²) in [4.78, 5) is 6.16. The highest BCUT2D eigenvalue weighted by atomic mass is 16.3. The van der Waals surface area contributed by atoms with Gasteiger partial charge >= 0.3 is 0 Å². The third-order valence-electron chi connectivity index (χ3n) is 2.83. The zero-order chi connectivity index (χ0) is 10.9. The number of aromatic nitrogens is 1. The fraction of sp³-hybridized carbons (Fsp3) is 0.545. The first-order valence-electron chi connectivity index (χ1n) is 5.26. The molecule has 2 heterocycles. The highest BCUT2D eigenvalue weighted by molar-refractivity contribution is 5.63. The van der Waals surface area contributed by atoms with Crippen molar-refractivity contribution < 1.29 is 5.11 Å². The average molecular weight is 207 g/mol. The summed E-state index contributed by atoms with van der Waals surface area (Å²) in [7, 11) is 0. The van der Waals surface area contributed by atoms with Gasteiger partial charge in [0.1, 0.15) is 5.82 Å². The lowest BCUT2D eigenvalue weighted by Gasteiger charge is -2.38. The van der Waals surface area contributed by atoms with Crippen LogP contribution in [-0.4, -0.2) is 28.8 Å². The van der Waals surface area contributed by atoms with Crippen LogP contribution in [0.5, 0.6) is 0 Å². The van der Waals surface area contributed by atoms with E-state index in [1.165, 1.54) is 0 Å². The molecule has 1 saturated heterocycles. The molecule has 0 bridgehead atoms. The van der Waals surface area contributed by atoms with E-state index >= 15 is 0 Å². The molecule has 4 heteroatoms. The number of anilines is 2. The normalized spacial score (nSPS) is 26.7. The Morgan fingerprint density at radius 2 is 2.40 bits per heavy atom. The molecule has 0 spiro atoms. The Kier molecular flexibility index (Phi) is 2.52. The number of hydrogen-bond acceptors (Lipinski definition) is 4. The lowest BCUT2D eigenvalue weighted by Crippen LogP contribution is -2.46. The summed E-state index contributed by atoms with van der Waals surface area (Å²) in [5.74, 6) is 0.537. The van der Waals surface area contributed by atoms with Crippen LogP contribution in [0.2, 0.25) is 0 Å². The van der Waals surface area contributed by atoms with E-state index in [1.807, 2.05) is 19.1 Å². The summed E-state index contributed by atoms with van der Waals surface area (Å²) >= 11 is 0. The second-order valence-corrected chi connectivity index (χ2v) is 4.43. The van der Waals surface area contributed by atoms with Gasteiger partial charge in [-0.1, -0.05) is 0 Å². The van der Waals surface area contributed by atoms with Gasteiger partial charge in [-0.3, -0.25) is 0 Å². The van der Waals surface area contributed by atoms with E-state index in [1.54, 1.807) is 6.20 Å². The van der Waals surface area contributed by atoms with Crippen molar-refractivity contribution in [3.05, 3.63) is 18.3 Å². The Bertz CT molecular complexity index is 351. The van der Waals surface area contributed by atoms with Gasteiger partial charge in [-0.25, -0.2) is 4.98 Å². The maximum absolute atomic E-state index is 9.99. The molecule has 0 amide bonds. The lowest BCUT2D eigenvalue weighted by atomic mass is 9.95. The predicted molar refractivity (Wildman–Crippen MR) is 60.7 cm³/mol. The van der Waals surface area contributed by atoms with Crippen LogP contribution in [0, 0.1) is 0 Å². The van der Waals surface area contributed by atoms with E-state index in [4.69, 9.17) is 5.73 Å². The molecule has 1 aliphatic heterocycles. The van der Waals surface area contributed by atoms with Gasteiger partial charge < -0.3 is 15.7 Å². The topological polar surface area (TPSA) is 62.4 Å². The summed E-state index contributed by atoms with van der Waals surface area (Å²) in [5.41, 5.74) is 6.12. The molecule has 0 aromatic carbocycles.